The fourth-order valence-electron chi connectivity index (χ4n) is 0.941. The summed E-state index contributed by atoms with van der Waals surface area (Å²) in [6, 6.07) is 7.63. The molecule has 0 aromatic heterocycles. The molecule has 0 fully saturated rings. The first kappa shape index (κ1) is 9.81. The highest BCUT2D eigenvalue weighted by atomic mass is 79.9. The number of carbonyl (C=O) groups is 1. The van der Waals surface area contributed by atoms with E-state index in [2.05, 4.69) is 28.6 Å². The van der Waals surface area contributed by atoms with E-state index in [9.17, 15) is 4.79 Å². The number of rotatable bonds is 3. The Balaban J connectivity index is 2.69. The van der Waals surface area contributed by atoms with E-state index < -0.39 is 0 Å². The minimum Gasteiger partial charge on any atom is -0.298 e. The van der Waals surface area contributed by atoms with Gasteiger partial charge in [-0.05, 0) is 17.7 Å². The van der Waals surface area contributed by atoms with Crippen molar-refractivity contribution in [2.45, 2.75) is 11.3 Å². The third kappa shape index (κ3) is 2.99. The van der Waals surface area contributed by atoms with Crippen molar-refractivity contribution < 1.29 is 4.79 Å². The Morgan fingerprint density at radius 1 is 1.50 bits per heavy atom. The Morgan fingerprint density at radius 2 is 2.25 bits per heavy atom. The smallest absolute Gasteiger partial charge is 0.147 e. The number of carbonyl (C=O) groups excluding carboxylic acids is 1. The first-order valence-electron chi connectivity index (χ1n) is 3.58. The van der Waals surface area contributed by atoms with Crippen molar-refractivity contribution >= 4 is 34.3 Å². The van der Waals surface area contributed by atoms with E-state index in [0.29, 0.717) is 11.8 Å². The predicted molar refractivity (Wildman–Crippen MR) is 56.2 cm³/mol. The average Bonchev–Trinajstić information content (AvgIpc) is 2.04. The zero-order valence-corrected chi connectivity index (χ0v) is 8.94. The quantitative estimate of drug-likeness (QED) is 0.639. The number of hydrogen-bond acceptors (Lipinski definition) is 2. The monoisotopic (exact) mass is 244 g/mol. The van der Waals surface area contributed by atoms with Gasteiger partial charge in [-0.2, -0.15) is 0 Å². The van der Waals surface area contributed by atoms with Crippen molar-refractivity contribution in [2.24, 2.45) is 0 Å². The molecule has 0 bridgehead atoms. The van der Waals surface area contributed by atoms with Crippen molar-refractivity contribution in [3.63, 3.8) is 0 Å². The van der Waals surface area contributed by atoms with Crippen LogP contribution in [0.3, 0.4) is 0 Å². The van der Waals surface area contributed by atoms with Gasteiger partial charge in [-0.15, -0.1) is 12.6 Å². The van der Waals surface area contributed by atoms with Crippen molar-refractivity contribution in [1.82, 2.24) is 0 Å². The lowest BCUT2D eigenvalue weighted by molar-refractivity contribution is -0.115. The number of hydrogen-bond donors (Lipinski definition) is 1. The molecular weight excluding hydrogens is 236 g/mol. The summed E-state index contributed by atoms with van der Waals surface area (Å²) in [7, 11) is 0. The van der Waals surface area contributed by atoms with Crippen LogP contribution < -0.4 is 0 Å². The van der Waals surface area contributed by atoms with Gasteiger partial charge in [0, 0.05) is 11.3 Å². The Bertz CT molecular complexity index is 286. The second-order valence-corrected chi connectivity index (χ2v) is 3.60. The zero-order valence-electron chi connectivity index (χ0n) is 6.46. The molecule has 0 spiro atoms. The van der Waals surface area contributed by atoms with E-state index in [1.165, 1.54) is 0 Å². The number of Topliss-reactive ketones (excluding diaryl/α,β-unsaturated/α-hetero) is 1. The number of benzene rings is 1. The van der Waals surface area contributed by atoms with Gasteiger partial charge in [0.1, 0.15) is 5.78 Å². The van der Waals surface area contributed by atoms with Gasteiger partial charge in [0.05, 0.1) is 5.33 Å². The lowest BCUT2D eigenvalue weighted by atomic mass is 10.1. The summed E-state index contributed by atoms with van der Waals surface area (Å²) in [5.41, 5.74) is 1.02. The molecule has 0 amide bonds. The molecule has 0 N–H and O–H groups in total. The van der Waals surface area contributed by atoms with Crippen LogP contribution in [0.4, 0.5) is 0 Å². The van der Waals surface area contributed by atoms with E-state index >= 15 is 0 Å². The summed E-state index contributed by atoms with van der Waals surface area (Å²) in [4.78, 5) is 11.9. The number of halogens is 1. The van der Waals surface area contributed by atoms with Gasteiger partial charge in [-0.25, -0.2) is 0 Å². The average molecular weight is 245 g/mol. The molecule has 0 aliphatic carbocycles. The van der Waals surface area contributed by atoms with Gasteiger partial charge in [0.25, 0.3) is 0 Å². The Kier molecular flexibility index (Phi) is 3.82. The van der Waals surface area contributed by atoms with E-state index in [-0.39, 0.29) is 5.78 Å². The van der Waals surface area contributed by atoms with Crippen LogP contribution >= 0.6 is 28.6 Å². The molecule has 0 aliphatic heterocycles. The molecule has 12 heavy (non-hydrogen) atoms. The molecule has 1 aromatic rings. The molecule has 0 atom stereocenters. The first-order valence-corrected chi connectivity index (χ1v) is 5.15. The maximum absolute atomic E-state index is 11.0. The van der Waals surface area contributed by atoms with Crippen LogP contribution in [0, 0.1) is 0 Å². The highest BCUT2D eigenvalue weighted by Gasteiger charge is 2.00. The molecule has 0 saturated heterocycles. The van der Waals surface area contributed by atoms with E-state index in [1.54, 1.807) is 0 Å². The first-order chi connectivity index (χ1) is 5.72. The van der Waals surface area contributed by atoms with Crippen molar-refractivity contribution in [1.29, 1.82) is 0 Å². The minimum absolute atomic E-state index is 0.189. The van der Waals surface area contributed by atoms with Crippen LogP contribution in [0.15, 0.2) is 29.2 Å². The van der Waals surface area contributed by atoms with E-state index in [4.69, 9.17) is 0 Å². The molecule has 0 heterocycles. The highest BCUT2D eigenvalue weighted by molar-refractivity contribution is 9.09. The summed E-state index contributed by atoms with van der Waals surface area (Å²) < 4.78 is 0. The molecule has 64 valence electrons. The lowest BCUT2D eigenvalue weighted by Crippen LogP contribution is -2.02. The zero-order chi connectivity index (χ0) is 8.97. The van der Waals surface area contributed by atoms with Gasteiger partial charge in [0.2, 0.25) is 0 Å². The van der Waals surface area contributed by atoms with Crippen molar-refractivity contribution in [3.05, 3.63) is 29.8 Å². The highest BCUT2D eigenvalue weighted by Crippen LogP contribution is 2.09. The van der Waals surface area contributed by atoms with Crippen molar-refractivity contribution in [2.75, 3.05) is 5.33 Å². The third-order valence-electron chi connectivity index (χ3n) is 1.46. The maximum Gasteiger partial charge on any atom is 0.147 e. The van der Waals surface area contributed by atoms with Crippen molar-refractivity contribution in [3.8, 4) is 0 Å². The molecule has 1 nitrogen and oxygen atoms in total. The van der Waals surface area contributed by atoms with Crippen LogP contribution in [-0.2, 0) is 11.2 Å². The van der Waals surface area contributed by atoms with Crippen LogP contribution in [0.2, 0.25) is 0 Å². The summed E-state index contributed by atoms with van der Waals surface area (Å²) in [6.45, 7) is 0. The summed E-state index contributed by atoms with van der Waals surface area (Å²) in [5.74, 6) is 0.189. The van der Waals surface area contributed by atoms with Crippen LogP contribution in [-0.4, -0.2) is 11.1 Å². The second kappa shape index (κ2) is 4.67. The Morgan fingerprint density at radius 3 is 2.83 bits per heavy atom. The van der Waals surface area contributed by atoms with Gasteiger partial charge in [-0.1, -0.05) is 28.1 Å². The Labute approximate surface area is 85.7 Å². The van der Waals surface area contributed by atoms with Crippen LogP contribution in [0.25, 0.3) is 0 Å². The van der Waals surface area contributed by atoms with Gasteiger partial charge >= 0.3 is 0 Å². The lowest BCUT2D eigenvalue weighted by Gasteiger charge is -1.98. The molecule has 0 radical (unpaired) electrons. The van der Waals surface area contributed by atoms with E-state index in [1.807, 2.05) is 24.3 Å². The minimum atomic E-state index is 0.189. The predicted octanol–water partition coefficient (Wildman–Crippen LogP) is 2.48. The second-order valence-electron chi connectivity index (χ2n) is 2.52. The van der Waals surface area contributed by atoms with Gasteiger partial charge < -0.3 is 0 Å². The number of thiol groups is 1. The van der Waals surface area contributed by atoms with Gasteiger partial charge in [0.15, 0.2) is 0 Å². The van der Waals surface area contributed by atoms with Gasteiger partial charge in [-0.3, -0.25) is 4.79 Å². The fourth-order valence-corrected chi connectivity index (χ4v) is 1.39. The Hall–Kier alpha value is -0.280. The third-order valence-corrected chi connectivity index (χ3v) is 2.36. The summed E-state index contributed by atoms with van der Waals surface area (Å²) in [5, 5.41) is 0.420. The summed E-state index contributed by atoms with van der Waals surface area (Å²) >= 11 is 7.30. The topological polar surface area (TPSA) is 17.1 Å². The van der Waals surface area contributed by atoms with Crippen LogP contribution in [0.5, 0.6) is 0 Å². The number of ketones is 1. The number of alkyl halides is 1. The largest absolute Gasteiger partial charge is 0.298 e. The molecule has 1 rings (SSSR count). The maximum atomic E-state index is 11.0. The summed E-state index contributed by atoms with van der Waals surface area (Å²) in [6.07, 6.45) is 0.486. The molecule has 0 unspecified atom stereocenters. The normalized spacial score (nSPS) is 9.83. The standard InChI is InChI=1S/C9H9BrOS/c10-6-8(11)4-7-2-1-3-9(12)5-7/h1-3,5,12H,4,6H2. The molecule has 0 saturated carbocycles. The fraction of sp³-hybridized carbons (Fsp3) is 0.222. The van der Waals surface area contributed by atoms with E-state index in [0.717, 1.165) is 10.5 Å². The molecular formula is C9H9BrOS. The molecule has 0 aliphatic rings. The molecule has 1 aromatic carbocycles. The SMILES string of the molecule is O=C(CBr)Cc1cccc(S)c1. The molecule has 3 heteroatoms. The van der Waals surface area contributed by atoms with Crippen LogP contribution in [0.1, 0.15) is 5.56 Å².